The number of piperidine rings is 1. The Morgan fingerprint density at radius 1 is 1.28 bits per heavy atom. The third kappa shape index (κ3) is 3.26. The summed E-state index contributed by atoms with van der Waals surface area (Å²) < 4.78 is 5.24. The topological polar surface area (TPSA) is 21.3 Å². The quantitative estimate of drug-likeness (QED) is 0.880. The Morgan fingerprint density at radius 2 is 2.00 bits per heavy atom. The number of nitrogens with one attached hydrogen (secondary N) is 1. The van der Waals surface area contributed by atoms with E-state index in [1.807, 2.05) is 0 Å². The molecule has 1 saturated heterocycles. The second-order valence-corrected chi connectivity index (χ2v) is 5.76. The van der Waals surface area contributed by atoms with Crippen LogP contribution in [0.2, 0.25) is 0 Å². The van der Waals surface area contributed by atoms with E-state index in [1.165, 1.54) is 18.4 Å². The molecule has 1 aromatic rings. The predicted octanol–water partition coefficient (Wildman–Crippen LogP) is 3.43. The Bertz CT molecular complexity index is 358. The van der Waals surface area contributed by atoms with Gasteiger partial charge in [0.1, 0.15) is 5.75 Å². The average Bonchev–Trinajstić information content (AvgIpc) is 2.39. The van der Waals surface area contributed by atoms with Crippen LogP contribution in [0.5, 0.6) is 5.75 Å². The summed E-state index contributed by atoms with van der Waals surface area (Å²) in [7, 11) is 1.72. The highest BCUT2D eigenvalue weighted by molar-refractivity contribution is 5.30. The van der Waals surface area contributed by atoms with Gasteiger partial charge in [-0.3, -0.25) is 0 Å². The molecule has 0 spiro atoms. The predicted molar refractivity (Wildman–Crippen MR) is 76.2 cm³/mol. The fourth-order valence-electron chi connectivity index (χ4n) is 3.07. The molecule has 0 bridgehead atoms. The molecule has 1 heterocycles. The van der Waals surface area contributed by atoms with E-state index in [4.69, 9.17) is 4.74 Å². The molecule has 2 nitrogen and oxygen atoms in total. The molecule has 0 radical (unpaired) electrons. The van der Waals surface area contributed by atoms with Crippen LogP contribution in [-0.4, -0.2) is 20.2 Å². The maximum absolute atomic E-state index is 5.24. The van der Waals surface area contributed by atoms with E-state index in [2.05, 4.69) is 43.4 Å². The summed E-state index contributed by atoms with van der Waals surface area (Å²) in [5.41, 5.74) is 1.47. The van der Waals surface area contributed by atoms with Crippen molar-refractivity contribution in [2.24, 2.45) is 11.8 Å². The molecule has 2 atom stereocenters. The minimum Gasteiger partial charge on any atom is -0.497 e. The molecule has 0 saturated carbocycles. The van der Waals surface area contributed by atoms with Gasteiger partial charge in [-0.2, -0.15) is 0 Å². The molecule has 18 heavy (non-hydrogen) atoms. The highest BCUT2D eigenvalue weighted by Gasteiger charge is 2.26. The lowest BCUT2D eigenvalue weighted by atomic mass is 9.77. The van der Waals surface area contributed by atoms with E-state index in [0.717, 1.165) is 30.7 Å². The van der Waals surface area contributed by atoms with Crippen molar-refractivity contribution in [3.63, 3.8) is 0 Å². The van der Waals surface area contributed by atoms with Gasteiger partial charge in [-0.25, -0.2) is 0 Å². The van der Waals surface area contributed by atoms with Gasteiger partial charge >= 0.3 is 0 Å². The van der Waals surface area contributed by atoms with Crippen molar-refractivity contribution in [3.05, 3.63) is 29.8 Å². The molecule has 1 aliphatic rings. The Morgan fingerprint density at radius 3 is 2.61 bits per heavy atom. The van der Waals surface area contributed by atoms with Crippen molar-refractivity contribution in [2.75, 3.05) is 20.2 Å². The van der Waals surface area contributed by atoms with Crippen LogP contribution in [0.1, 0.15) is 38.2 Å². The second kappa shape index (κ2) is 6.24. The zero-order chi connectivity index (χ0) is 13.0. The summed E-state index contributed by atoms with van der Waals surface area (Å²) in [6.07, 6.45) is 2.56. The molecule has 0 amide bonds. The van der Waals surface area contributed by atoms with Gasteiger partial charge in [-0.05, 0) is 61.4 Å². The van der Waals surface area contributed by atoms with Gasteiger partial charge in [0.15, 0.2) is 0 Å². The lowest BCUT2D eigenvalue weighted by Crippen LogP contribution is -2.36. The van der Waals surface area contributed by atoms with Crippen LogP contribution in [0.25, 0.3) is 0 Å². The SMILES string of the molecule is COc1ccc(C2CCNCC2CC(C)C)cc1. The average molecular weight is 247 g/mol. The lowest BCUT2D eigenvalue weighted by Gasteiger charge is -2.33. The molecule has 2 unspecified atom stereocenters. The first kappa shape index (κ1) is 13.4. The van der Waals surface area contributed by atoms with Gasteiger partial charge in [-0.1, -0.05) is 26.0 Å². The highest BCUT2D eigenvalue weighted by Crippen LogP contribution is 2.34. The Balaban J connectivity index is 2.11. The molecule has 1 N–H and O–H groups in total. The van der Waals surface area contributed by atoms with E-state index in [-0.39, 0.29) is 0 Å². The minimum atomic E-state index is 0.708. The fourth-order valence-corrected chi connectivity index (χ4v) is 3.07. The summed E-state index contributed by atoms with van der Waals surface area (Å²) in [6, 6.07) is 8.65. The van der Waals surface area contributed by atoms with Crippen molar-refractivity contribution >= 4 is 0 Å². The van der Waals surface area contributed by atoms with Gasteiger partial charge in [-0.15, -0.1) is 0 Å². The van der Waals surface area contributed by atoms with Crippen LogP contribution >= 0.6 is 0 Å². The highest BCUT2D eigenvalue weighted by atomic mass is 16.5. The Kier molecular flexibility index (Phi) is 4.65. The third-order valence-electron chi connectivity index (χ3n) is 3.93. The first-order valence-electron chi connectivity index (χ1n) is 7.05. The van der Waals surface area contributed by atoms with E-state index >= 15 is 0 Å². The molecule has 0 aliphatic carbocycles. The molecule has 1 fully saturated rings. The lowest BCUT2D eigenvalue weighted by molar-refractivity contribution is 0.280. The number of hydrogen-bond donors (Lipinski definition) is 1. The zero-order valence-corrected chi connectivity index (χ0v) is 11.8. The van der Waals surface area contributed by atoms with Crippen LogP contribution in [0.15, 0.2) is 24.3 Å². The van der Waals surface area contributed by atoms with Gasteiger partial charge < -0.3 is 10.1 Å². The molecular weight excluding hydrogens is 222 g/mol. The summed E-state index contributed by atoms with van der Waals surface area (Å²) >= 11 is 0. The van der Waals surface area contributed by atoms with Crippen molar-refractivity contribution in [3.8, 4) is 5.75 Å². The maximum atomic E-state index is 5.24. The monoisotopic (exact) mass is 247 g/mol. The van der Waals surface area contributed by atoms with Gasteiger partial charge in [0.2, 0.25) is 0 Å². The summed E-state index contributed by atoms with van der Waals surface area (Å²) in [6.45, 7) is 6.94. The van der Waals surface area contributed by atoms with Crippen molar-refractivity contribution in [1.82, 2.24) is 5.32 Å². The van der Waals surface area contributed by atoms with Gasteiger partial charge in [0, 0.05) is 0 Å². The fraction of sp³-hybridized carbons (Fsp3) is 0.625. The standard InChI is InChI=1S/C16H25NO/c1-12(2)10-14-11-17-9-8-16(14)13-4-6-15(18-3)7-5-13/h4-7,12,14,16-17H,8-11H2,1-3H3. The van der Waals surface area contributed by atoms with Crippen LogP contribution < -0.4 is 10.1 Å². The number of benzene rings is 1. The van der Waals surface area contributed by atoms with Crippen molar-refractivity contribution < 1.29 is 4.74 Å². The van der Waals surface area contributed by atoms with Crippen LogP contribution in [0, 0.1) is 11.8 Å². The molecule has 2 rings (SSSR count). The Labute approximate surface area is 111 Å². The third-order valence-corrected chi connectivity index (χ3v) is 3.93. The van der Waals surface area contributed by atoms with E-state index < -0.39 is 0 Å². The molecule has 0 aromatic heterocycles. The number of rotatable bonds is 4. The number of ether oxygens (including phenoxy) is 1. The largest absolute Gasteiger partial charge is 0.497 e. The van der Waals surface area contributed by atoms with Gasteiger partial charge in [0.25, 0.3) is 0 Å². The zero-order valence-electron chi connectivity index (χ0n) is 11.8. The summed E-state index contributed by atoms with van der Waals surface area (Å²) in [5, 5.41) is 3.54. The molecule has 1 aromatic carbocycles. The van der Waals surface area contributed by atoms with Crippen LogP contribution in [0.4, 0.5) is 0 Å². The van der Waals surface area contributed by atoms with Crippen LogP contribution in [-0.2, 0) is 0 Å². The summed E-state index contributed by atoms with van der Waals surface area (Å²) in [4.78, 5) is 0. The normalized spacial score (nSPS) is 24.2. The van der Waals surface area contributed by atoms with E-state index in [0.29, 0.717) is 5.92 Å². The van der Waals surface area contributed by atoms with E-state index in [9.17, 15) is 0 Å². The van der Waals surface area contributed by atoms with E-state index in [1.54, 1.807) is 7.11 Å². The van der Waals surface area contributed by atoms with Crippen molar-refractivity contribution in [1.29, 1.82) is 0 Å². The molecule has 2 heteroatoms. The molecule has 1 aliphatic heterocycles. The minimum absolute atomic E-state index is 0.708. The smallest absolute Gasteiger partial charge is 0.118 e. The van der Waals surface area contributed by atoms with Gasteiger partial charge in [0.05, 0.1) is 7.11 Å². The molecular formula is C16H25NO. The van der Waals surface area contributed by atoms with Crippen LogP contribution in [0.3, 0.4) is 0 Å². The summed E-state index contributed by atoms with van der Waals surface area (Å²) in [5.74, 6) is 3.20. The number of hydrogen-bond acceptors (Lipinski definition) is 2. The maximum Gasteiger partial charge on any atom is 0.118 e. The molecule has 100 valence electrons. The first-order valence-corrected chi connectivity index (χ1v) is 7.05. The first-order chi connectivity index (χ1) is 8.70. The Hall–Kier alpha value is -1.02. The number of methoxy groups -OCH3 is 1. The van der Waals surface area contributed by atoms with Crippen molar-refractivity contribution in [2.45, 2.75) is 32.6 Å². The second-order valence-electron chi connectivity index (χ2n) is 5.76.